The molecule has 0 radical (unpaired) electrons. The molecule has 1 aliphatic rings. The van der Waals surface area contributed by atoms with E-state index in [1.54, 1.807) is 0 Å². The van der Waals surface area contributed by atoms with Gasteiger partial charge in [0.1, 0.15) is 0 Å². The van der Waals surface area contributed by atoms with Crippen LogP contribution in [0.5, 0.6) is 0 Å². The molecule has 2 rings (SSSR count). The van der Waals surface area contributed by atoms with Gasteiger partial charge in [-0.15, -0.1) is 23.5 Å². The van der Waals surface area contributed by atoms with E-state index in [2.05, 4.69) is 37.8 Å². The smallest absolute Gasteiger partial charge is 0.211 e. The number of hydrogen-bond acceptors (Lipinski definition) is 4. The van der Waals surface area contributed by atoms with Crippen LogP contribution in [-0.2, 0) is 4.79 Å². The lowest BCUT2D eigenvalue weighted by molar-refractivity contribution is -0.107. The van der Waals surface area contributed by atoms with E-state index in [0.717, 1.165) is 11.5 Å². The first-order chi connectivity index (χ1) is 8.69. The molecule has 2 atom stereocenters. The predicted octanol–water partition coefficient (Wildman–Crippen LogP) is 4.29. The van der Waals surface area contributed by atoms with Gasteiger partial charge in [-0.1, -0.05) is 48.2 Å². The molecule has 96 valence electrons. The number of carbonyl (C=O) groups excluding carboxylic acids is 1. The van der Waals surface area contributed by atoms with Crippen molar-refractivity contribution in [3.8, 4) is 0 Å². The molecule has 2 unspecified atom stereocenters. The number of aryl methyl sites for hydroxylation is 1. The molecule has 0 saturated carbocycles. The van der Waals surface area contributed by atoms with Gasteiger partial charge < -0.3 is 0 Å². The Morgan fingerprint density at radius 3 is 2.89 bits per heavy atom. The number of rotatable bonds is 4. The Labute approximate surface area is 121 Å². The minimum Gasteiger partial charge on any atom is -0.282 e. The normalized spacial score (nSPS) is 22.9. The lowest BCUT2D eigenvalue weighted by Crippen LogP contribution is -2.06. The third-order valence-corrected chi connectivity index (χ3v) is 7.27. The van der Waals surface area contributed by atoms with Crippen LogP contribution in [0.2, 0.25) is 0 Å². The van der Waals surface area contributed by atoms with E-state index in [9.17, 15) is 4.79 Å². The topological polar surface area (TPSA) is 17.1 Å². The zero-order valence-corrected chi connectivity index (χ0v) is 12.7. The molecule has 1 aliphatic heterocycles. The molecule has 0 aliphatic carbocycles. The third kappa shape index (κ3) is 3.84. The van der Waals surface area contributed by atoms with Gasteiger partial charge in [-0.2, -0.15) is 0 Å². The standard InChI is InChI=1S/C14H16OS3/c1-3-13(15)16-8-12-9-17-14(18-12)11-6-4-10(2)5-7-11/h3-7,12,14H,1,8-9H2,2H3. The first-order valence-electron chi connectivity index (χ1n) is 5.82. The molecule has 1 fully saturated rings. The summed E-state index contributed by atoms with van der Waals surface area (Å²) < 4.78 is 0.523. The van der Waals surface area contributed by atoms with Gasteiger partial charge >= 0.3 is 0 Å². The maximum absolute atomic E-state index is 11.2. The van der Waals surface area contributed by atoms with Gasteiger partial charge in [0.2, 0.25) is 5.12 Å². The lowest BCUT2D eigenvalue weighted by atomic mass is 10.2. The van der Waals surface area contributed by atoms with Crippen LogP contribution in [-0.4, -0.2) is 21.9 Å². The monoisotopic (exact) mass is 296 g/mol. The summed E-state index contributed by atoms with van der Waals surface area (Å²) in [7, 11) is 0. The SMILES string of the molecule is C=CC(=O)SCC1CSC(c2ccc(C)cc2)S1. The van der Waals surface area contributed by atoms with Crippen LogP contribution in [0.15, 0.2) is 36.9 Å². The van der Waals surface area contributed by atoms with Crippen molar-refractivity contribution in [2.24, 2.45) is 0 Å². The molecule has 4 heteroatoms. The van der Waals surface area contributed by atoms with E-state index in [-0.39, 0.29) is 5.12 Å². The number of carbonyl (C=O) groups is 1. The minimum atomic E-state index is 0.0828. The minimum absolute atomic E-state index is 0.0828. The van der Waals surface area contributed by atoms with Gasteiger partial charge in [-0.05, 0) is 18.6 Å². The van der Waals surface area contributed by atoms with E-state index >= 15 is 0 Å². The molecule has 0 aromatic heterocycles. The Morgan fingerprint density at radius 2 is 2.22 bits per heavy atom. The van der Waals surface area contributed by atoms with Crippen LogP contribution in [0.1, 0.15) is 15.7 Å². The zero-order valence-electron chi connectivity index (χ0n) is 10.3. The maximum Gasteiger partial charge on any atom is 0.211 e. The van der Waals surface area contributed by atoms with E-state index in [4.69, 9.17) is 0 Å². The zero-order chi connectivity index (χ0) is 13.0. The fourth-order valence-electron chi connectivity index (χ4n) is 1.67. The average molecular weight is 296 g/mol. The van der Waals surface area contributed by atoms with E-state index in [1.165, 1.54) is 29.0 Å². The summed E-state index contributed by atoms with van der Waals surface area (Å²) in [5, 5.41) is 0.648. The van der Waals surface area contributed by atoms with E-state index in [1.807, 2.05) is 23.5 Å². The summed E-state index contributed by atoms with van der Waals surface area (Å²) in [5.74, 6) is 2.02. The van der Waals surface area contributed by atoms with Gasteiger partial charge in [0.05, 0.1) is 4.58 Å². The number of hydrogen-bond donors (Lipinski definition) is 0. The summed E-state index contributed by atoms with van der Waals surface area (Å²) in [6.07, 6.45) is 1.40. The van der Waals surface area contributed by atoms with Crippen LogP contribution in [0.25, 0.3) is 0 Å². The van der Waals surface area contributed by atoms with Gasteiger partial charge in [0, 0.05) is 16.8 Å². The molecule has 1 aromatic rings. The van der Waals surface area contributed by atoms with Crippen molar-refractivity contribution in [2.75, 3.05) is 11.5 Å². The molecule has 0 amide bonds. The second kappa shape index (κ2) is 6.73. The Bertz CT molecular complexity index is 427. The van der Waals surface area contributed by atoms with Gasteiger partial charge in [0.25, 0.3) is 0 Å². The summed E-state index contributed by atoms with van der Waals surface area (Å²) >= 11 is 5.34. The number of benzene rings is 1. The van der Waals surface area contributed by atoms with Crippen molar-refractivity contribution >= 4 is 40.4 Å². The highest BCUT2D eigenvalue weighted by Crippen LogP contribution is 2.49. The molecular weight excluding hydrogens is 280 g/mol. The molecule has 0 spiro atoms. The van der Waals surface area contributed by atoms with Crippen LogP contribution < -0.4 is 0 Å². The van der Waals surface area contributed by atoms with Crippen molar-refractivity contribution < 1.29 is 4.79 Å². The predicted molar refractivity (Wildman–Crippen MR) is 85.4 cm³/mol. The van der Waals surface area contributed by atoms with E-state index in [0.29, 0.717) is 9.83 Å². The Hall–Kier alpha value is -0.320. The summed E-state index contributed by atoms with van der Waals surface area (Å²) in [6, 6.07) is 8.76. The highest BCUT2D eigenvalue weighted by Gasteiger charge is 2.27. The molecule has 1 aromatic carbocycles. The van der Waals surface area contributed by atoms with Crippen molar-refractivity contribution in [1.29, 1.82) is 0 Å². The lowest BCUT2D eigenvalue weighted by Gasteiger charge is -2.10. The molecule has 0 bridgehead atoms. The average Bonchev–Trinajstić information content (AvgIpc) is 2.85. The second-order valence-electron chi connectivity index (χ2n) is 4.17. The van der Waals surface area contributed by atoms with Crippen molar-refractivity contribution in [3.05, 3.63) is 48.0 Å². The fraction of sp³-hybridized carbons (Fsp3) is 0.357. The van der Waals surface area contributed by atoms with Crippen LogP contribution in [0.4, 0.5) is 0 Å². The summed E-state index contributed by atoms with van der Waals surface area (Å²) in [6.45, 7) is 5.60. The fourth-order valence-corrected chi connectivity index (χ4v) is 6.01. The summed E-state index contributed by atoms with van der Waals surface area (Å²) in [4.78, 5) is 11.2. The highest BCUT2D eigenvalue weighted by atomic mass is 32.2. The Kier molecular flexibility index (Phi) is 5.27. The largest absolute Gasteiger partial charge is 0.282 e. The first-order valence-corrected chi connectivity index (χ1v) is 8.79. The van der Waals surface area contributed by atoms with Gasteiger partial charge in [0.15, 0.2) is 0 Å². The Balaban J connectivity index is 1.86. The van der Waals surface area contributed by atoms with Crippen LogP contribution in [0.3, 0.4) is 0 Å². The van der Waals surface area contributed by atoms with Gasteiger partial charge in [-0.3, -0.25) is 4.79 Å². The van der Waals surface area contributed by atoms with Crippen molar-refractivity contribution in [2.45, 2.75) is 16.8 Å². The molecule has 1 saturated heterocycles. The Morgan fingerprint density at radius 1 is 1.50 bits per heavy atom. The molecule has 1 heterocycles. The van der Waals surface area contributed by atoms with Gasteiger partial charge in [-0.25, -0.2) is 0 Å². The van der Waals surface area contributed by atoms with Crippen molar-refractivity contribution in [1.82, 2.24) is 0 Å². The summed E-state index contributed by atoms with van der Waals surface area (Å²) in [5.41, 5.74) is 2.69. The quantitative estimate of drug-likeness (QED) is 0.771. The molecule has 18 heavy (non-hydrogen) atoms. The van der Waals surface area contributed by atoms with Crippen LogP contribution in [0, 0.1) is 6.92 Å². The first kappa shape index (κ1) is 14.1. The molecular formula is C14H16OS3. The number of thioether (sulfide) groups is 3. The second-order valence-corrected chi connectivity index (χ2v) is 8.04. The van der Waals surface area contributed by atoms with E-state index < -0.39 is 0 Å². The maximum atomic E-state index is 11.2. The molecule has 0 N–H and O–H groups in total. The highest BCUT2D eigenvalue weighted by molar-refractivity contribution is 8.21. The van der Waals surface area contributed by atoms with Crippen molar-refractivity contribution in [3.63, 3.8) is 0 Å². The third-order valence-electron chi connectivity index (χ3n) is 2.68. The molecule has 1 nitrogen and oxygen atoms in total. The van der Waals surface area contributed by atoms with Crippen LogP contribution >= 0.6 is 35.3 Å².